The van der Waals surface area contributed by atoms with Crippen molar-refractivity contribution in [3.05, 3.63) is 54.0 Å². The molecule has 0 radical (unpaired) electrons. The molecule has 1 amide bonds. The molecular formula is C22H26N6O2. The fourth-order valence-corrected chi connectivity index (χ4v) is 3.90. The average molecular weight is 406 g/mol. The fraction of sp³-hybridized carbons (Fsp3) is 0.364. The lowest BCUT2D eigenvalue weighted by atomic mass is 10.0. The van der Waals surface area contributed by atoms with E-state index in [4.69, 9.17) is 10.5 Å². The molecule has 3 atom stereocenters. The second kappa shape index (κ2) is 8.23. The fourth-order valence-electron chi connectivity index (χ4n) is 3.90. The molecule has 0 aliphatic carbocycles. The van der Waals surface area contributed by atoms with Gasteiger partial charge in [0.05, 0.1) is 35.8 Å². The monoisotopic (exact) mass is 406 g/mol. The van der Waals surface area contributed by atoms with Gasteiger partial charge < -0.3 is 15.8 Å². The molecule has 30 heavy (non-hydrogen) atoms. The summed E-state index contributed by atoms with van der Waals surface area (Å²) in [5.41, 5.74) is 9.25. The van der Waals surface area contributed by atoms with Crippen LogP contribution in [-0.4, -0.2) is 37.9 Å². The third-order valence-corrected chi connectivity index (χ3v) is 5.32. The molecule has 3 N–H and O–H groups in total. The predicted octanol–water partition coefficient (Wildman–Crippen LogP) is 3.62. The van der Waals surface area contributed by atoms with Gasteiger partial charge in [-0.3, -0.25) is 9.48 Å². The summed E-state index contributed by atoms with van der Waals surface area (Å²) >= 11 is 0. The summed E-state index contributed by atoms with van der Waals surface area (Å²) in [5, 5.41) is 7.77. The van der Waals surface area contributed by atoms with Gasteiger partial charge in [0.25, 0.3) is 0 Å². The molecule has 1 aliphatic rings. The number of aryl methyl sites for hydroxylation is 1. The van der Waals surface area contributed by atoms with Crippen LogP contribution in [0.15, 0.2) is 42.9 Å². The minimum absolute atomic E-state index is 0.225. The van der Waals surface area contributed by atoms with E-state index in [0.29, 0.717) is 17.6 Å². The molecule has 1 unspecified atom stereocenters. The topological polar surface area (TPSA) is 108 Å². The highest BCUT2D eigenvalue weighted by molar-refractivity contribution is 5.93. The molecule has 3 aromatic rings. The van der Waals surface area contributed by atoms with Gasteiger partial charge in [0, 0.05) is 23.5 Å². The van der Waals surface area contributed by atoms with Crippen LogP contribution in [0.1, 0.15) is 48.7 Å². The minimum Gasteiger partial charge on any atom is -0.375 e. The number of nitrogens with one attached hydrogen (secondary N) is 1. The molecule has 1 saturated heterocycles. The summed E-state index contributed by atoms with van der Waals surface area (Å²) in [7, 11) is 0. The van der Waals surface area contributed by atoms with Crippen molar-refractivity contribution in [1.82, 2.24) is 19.7 Å². The Hall–Kier alpha value is -3.26. The molecule has 3 heterocycles. The number of nitrogens with two attached hydrogens (primary N) is 1. The first kappa shape index (κ1) is 20.0. The molecule has 8 heteroatoms. The highest BCUT2D eigenvalue weighted by Gasteiger charge is 2.26. The van der Waals surface area contributed by atoms with Crippen LogP contribution in [0.5, 0.6) is 0 Å². The Kier molecular flexibility index (Phi) is 5.50. The van der Waals surface area contributed by atoms with Gasteiger partial charge in [-0.2, -0.15) is 5.10 Å². The Bertz CT molecular complexity index is 1040. The third-order valence-electron chi connectivity index (χ3n) is 5.32. The van der Waals surface area contributed by atoms with Gasteiger partial charge in [-0.25, -0.2) is 9.97 Å². The van der Waals surface area contributed by atoms with Crippen molar-refractivity contribution < 1.29 is 9.53 Å². The number of benzene rings is 1. The van der Waals surface area contributed by atoms with Crippen molar-refractivity contribution in [3.8, 4) is 11.3 Å². The average Bonchev–Trinajstić information content (AvgIpc) is 3.17. The van der Waals surface area contributed by atoms with Crippen LogP contribution in [-0.2, 0) is 4.74 Å². The SMILES string of the molecule is Cc1cnc(Nc2cnn(C3C[C@@H](C)O[C@@H](C)C3)c2)nc1-c1ccc(C(N)=O)cc1. The molecule has 0 bridgehead atoms. The molecule has 1 aromatic carbocycles. The molecule has 4 rings (SSSR count). The number of anilines is 2. The molecule has 1 fully saturated rings. The number of hydrogen-bond acceptors (Lipinski definition) is 6. The van der Waals surface area contributed by atoms with E-state index in [1.54, 1.807) is 24.5 Å². The number of amides is 1. The number of aromatic nitrogens is 4. The summed E-state index contributed by atoms with van der Waals surface area (Å²) in [6, 6.07) is 7.39. The zero-order valence-corrected chi connectivity index (χ0v) is 17.4. The van der Waals surface area contributed by atoms with Crippen molar-refractivity contribution in [3.63, 3.8) is 0 Å². The first-order valence-electron chi connectivity index (χ1n) is 10.1. The van der Waals surface area contributed by atoms with Crippen LogP contribution in [0.4, 0.5) is 11.6 Å². The normalized spacial score (nSPS) is 21.4. The highest BCUT2D eigenvalue weighted by atomic mass is 16.5. The Balaban J connectivity index is 1.52. The smallest absolute Gasteiger partial charge is 0.248 e. The van der Waals surface area contributed by atoms with Gasteiger partial charge in [-0.1, -0.05) is 12.1 Å². The van der Waals surface area contributed by atoms with Crippen LogP contribution in [0.25, 0.3) is 11.3 Å². The van der Waals surface area contributed by atoms with Crippen LogP contribution in [0.3, 0.4) is 0 Å². The van der Waals surface area contributed by atoms with Crippen molar-refractivity contribution in [2.75, 3.05) is 5.32 Å². The third kappa shape index (κ3) is 4.33. The van der Waals surface area contributed by atoms with Crippen molar-refractivity contribution in [2.24, 2.45) is 5.73 Å². The van der Waals surface area contributed by atoms with Gasteiger partial charge in [-0.05, 0) is 51.3 Å². The van der Waals surface area contributed by atoms with E-state index in [1.165, 1.54) is 0 Å². The van der Waals surface area contributed by atoms with Crippen molar-refractivity contribution in [2.45, 2.75) is 51.9 Å². The Morgan fingerprint density at radius 3 is 2.53 bits per heavy atom. The number of rotatable bonds is 5. The predicted molar refractivity (Wildman–Crippen MR) is 115 cm³/mol. The van der Waals surface area contributed by atoms with E-state index in [9.17, 15) is 4.79 Å². The lowest BCUT2D eigenvalue weighted by molar-refractivity contribution is -0.0506. The summed E-state index contributed by atoms with van der Waals surface area (Å²) < 4.78 is 7.82. The van der Waals surface area contributed by atoms with Crippen LogP contribution in [0.2, 0.25) is 0 Å². The van der Waals surface area contributed by atoms with Crippen LogP contribution in [0, 0.1) is 6.92 Å². The number of ether oxygens (including phenoxy) is 1. The first-order chi connectivity index (χ1) is 14.4. The van der Waals surface area contributed by atoms with E-state index in [-0.39, 0.29) is 12.2 Å². The van der Waals surface area contributed by atoms with Crippen molar-refractivity contribution >= 4 is 17.5 Å². The molecule has 8 nitrogen and oxygen atoms in total. The summed E-state index contributed by atoms with van der Waals surface area (Å²) in [4.78, 5) is 20.4. The maximum atomic E-state index is 11.3. The van der Waals surface area contributed by atoms with Gasteiger partial charge >= 0.3 is 0 Å². The first-order valence-corrected chi connectivity index (χ1v) is 10.1. The maximum absolute atomic E-state index is 11.3. The van der Waals surface area contributed by atoms with Gasteiger partial charge in [0.15, 0.2) is 0 Å². The van der Waals surface area contributed by atoms with Gasteiger partial charge in [0.2, 0.25) is 11.9 Å². The standard InChI is InChI=1S/C22H26N6O2/c1-13-10-24-22(27-20(13)16-4-6-17(7-5-16)21(23)29)26-18-11-25-28(12-18)19-8-14(2)30-15(3)9-19/h4-7,10-12,14-15,19H,8-9H2,1-3H3,(H2,23,29)(H,24,26,27)/t14-,15+,19?. The van der Waals surface area contributed by atoms with Gasteiger partial charge in [0.1, 0.15) is 0 Å². The van der Waals surface area contributed by atoms with E-state index < -0.39 is 5.91 Å². The zero-order valence-electron chi connectivity index (χ0n) is 17.4. The van der Waals surface area contributed by atoms with E-state index in [1.807, 2.05) is 29.9 Å². The molecule has 1 aliphatic heterocycles. The minimum atomic E-state index is -0.450. The second-order valence-corrected chi connectivity index (χ2v) is 7.88. The van der Waals surface area contributed by atoms with Gasteiger partial charge in [-0.15, -0.1) is 0 Å². The molecular weight excluding hydrogens is 380 g/mol. The lowest BCUT2D eigenvalue weighted by Gasteiger charge is -2.32. The Morgan fingerprint density at radius 2 is 1.87 bits per heavy atom. The highest BCUT2D eigenvalue weighted by Crippen LogP contribution is 2.29. The van der Waals surface area contributed by atoms with E-state index >= 15 is 0 Å². The Morgan fingerprint density at radius 1 is 1.17 bits per heavy atom. The van der Waals surface area contributed by atoms with Crippen molar-refractivity contribution in [1.29, 1.82) is 0 Å². The molecule has 156 valence electrons. The number of nitrogens with zero attached hydrogens (tertiary/aromatic N) is 4. The van der Waals surface area contributed by atoms with E-state index in [0.717, 1.165) is 35.3 Å². The number of carbonyl (C=O) groups excluding carboxylic acids is 1. The van der Waals surface area contributed by atoms with Crippen LogP contribution >= 0.6 is 0 Å². The summed E-state index contributed by atoms with van der Waals surface area (Å²) in [6.07, 6.45) is 7.89. The molecule has 0 saturated carbocycles. The maximum Gasteiger partial charge on any atom is 0.248 e. The largest absolute Gasteiger partial charge is 0.375 e. The van der Waals surface area contributed by atoms with Crippen LogP contribution < -0.4 is 11.1 Å². The second-order valence-electron chi connectivity index (χ2n) is 7.88. The number of carbonyl (C=O) groups is 1. The number of hydrogen-bond donors (Lipinski definition) is 2. The molecule has 2 aromatic heterocycles. The Labute approximate surface area is 175 Å². The number of primary amides is 1. The lowest BCUT2D eigenvalue weighted by Crippen LogP contribution is -2.31. The summed E-state index contributed by atoms with van der Waals surface area (Å²) in [5.74, 6) is 0.0384. The summed E-state index contributed by atoms with van der Waals surface area (Å²) in [6.45, 7) is 6.15. The molecule has 0 spiro atoms. The van der Waals surface area contributed by atoms with E-state index in [2.05, 4.69) is 34.2 Å². The quantitative estimate of drug-likeness (QED) is 0.670. The zero-order chi connectivity index (χ0) is 21.3.